The molecule has 74 valence electrons. The quantitative estimate of drug-likeness (QED) is 0.690. The lowest BCUT2D eigenvalue weighted by molar-refractivity contribution is 0.213. The van der Waals surface area contributed by atoms with Crippen LogP contribution in [0, 0.1) is 0 Å². The van der Waals surface area contributed by atoms with Crippen LogP contribution >= 0.6 is 11.8 Å². The molecule has 1 atom stereocenters. The van der Waals surface area contributed by atoms with E-state index in [0.29, 0.717) is 0 Å². The normalized spacial score (nSPS) is 14.8. The minimum absolute atomic E-state index is 0.103. The van der Waals surface area contributed by atoms with Crippen LogP contribution in [0.1, 0.15) is 27.2 Å². The maximum atomic E-state index is 9.04. The average Bonchev–Trinajstić information content (AvgIpc) is 1.95. The van der Waals surface area contributed by atoms with Crippen molar-refractivity contribution in [3.8, 4) is 0 Å². The van der Waals surface area contributed by atoms with E-state index in [4.69, 9.17) is 5.11 Å². The standard InChI is InChI=1S/C9H21NOS/c1-9(2,3)10-8(7-11)5-6-12-4/h8,10-11H,5-7H2,1-4H3. The lowest BCUT2D eigenvalue weighted by Crippen LogP contribution is -2.45. The van der Waals surface area contributed by atoms with Crippen molar-refractivity contribution in [1.82, 2.24) is 5.32 Å². The molecule has 0 spiro atoms. The molecular weight excluding hydrogens is 170 g/mol. The Labute approximate surface area is 80.1 Å². The SMILES string of the molecule is CSCCC(CO)NC(C)(C)C. The summed E-state index contributed by atoms with van der Waals surface area (Å²) in [5, 5.41) is 12.4. The van der Waals surface area contributed by atoms with Crippen LogP contribution in [-0.4, -0.2) is 35.3 Å². The van der Waals surface area contributed by atoms with Crippen LogP contribution in [0.2, 0.25) is 0 Å². The molecule has 0 aliphatic rings. The molecule has 0 aromatic heterocycles. The van der Waals surface area contributed by atoms with Crippen molar-refractivity contribution in [2.24, 2.45) is 0 Å². The molecule has 0 saturated carbocycles. The van der Waals surface area contributed by atoms with Crippen LogP contribution in [0.15, 0.2) is 0 Å². The molecule has 0 aromatic rings. The summed E-state index contributed by atoms with van der Waals surface area (Å²) < 4.78 is 0. The zero-order valence-electron chi connectivity index (χ0n) is 8.55. The summed E-state index contributed by atoms with van der Waals surface area (Å²) >= 11 is 1.82. The lowest BCUT2D eigenvalue weighted by Gasteiger charge is -2.27. The Morgan fingerprint density at radius 2 is 2.00 bits per heavy atom. The molecule has 1 unspecified atom stereocenters. The van der Waals surface area contributed by atoms with Crippen molar-refractivity contribution in [3.05, 3.63) is 0 Å². The molecule has 0 amide bonds. The summed E-state index contributed by atoms with van der Waals surface area (Å²) in [6, 6.07) is 0.248. The number of aliphatic hydroxyl groups is 1. The van der Waals surface area contributed by atoms with Crippen molar-refractivity contribution in [2.75, 3.05) is 18.6 Å². The zero-order chi connectivity index (χ0) is 9.61. The number of hydrogen-bond donors (Lipinski definition) is 2. The molecular formula is C9H21NOS. The molecule has 0 rings (SSSR count). The molecule has 0 saturated heterocycles. The number of aliphatic hydroxyl groups excluding tert-OH is 1. The van der Waals surface area contributed by atoms with Gasteiger partial charge in [-0.05, 0) is 39.2 Å². The highest BCUT2D eigenvalue weighted by Crippen LogP contribution is 2.06. The molecule has 2 nitrogen and oxygen atoms in total. The summed E-state index contributed by atoms with van der Waals surface area (Å²) in [4.78, 5) is 0. The summed E-state index contributed by atoms with van der Waals surface area (Å²) in [7, 11) is 0. The minimum Gasteiger partial charge on any atom is -0.395 e. The number of rotatable bonds is 5. The van der Waals surface area contributed by atoms with E-state index in [-0.39, 0.29) is 18.2 Å². The Kier molecular flexibility index (Phi) is 5.97. The summed E-state index contributed by atoms with van der Waals surface area (Å²) in [6.45, 7) is 6.59. The molecule has 2 N–H and O–H groups in total. The van der Waals surface area contributed by atoms with Gasteiger partial charge in [0, 0.05) is 11.6 Å². The van der Waals surface area contributed by atoms with Gasteiger partial charge in [-0.25, -0.2) is 0 Å². The van der Waals surface area contributed by atoms with Gasteiger partial charge in [0.15, 0.2) is 0 Å². The first-order valence-electron chi connectivity index (χ1n) is 4.37. The second kappa shape index (κ2) is 5.84. The second-order valence-electron chi connectivity index (χ2n) is 4.06. The smallest absolute Gasteiger partial charge is 0.0585 e. The van der Waals surface area contributed by atoms with Gasteiger partial charge in [0.1, 0.15) is 0 Å². The van der Waals surface area contributed by atoms with Crippen molar-refractivity contribution in [2.45, 2.75) is 38.8 Å². The molecule has 0 heterocycles. The highest BCUT2D eigenvalue weighted by atomic mass is 32.2. The van der Waals surface area contributed by atoms with Gasteiger partial charge in [-0.3, -0.25) is 0 Å². The first-order valence-corrected chi connectivity index (χ1v) is 5.76. The fourth-order valence-electron chi connectivity index (χ4n) is 1.08. The maximum absolute atomic E-state index is 9.04. The zero-order valence-corrected chi connectivity index (χ0v) is 9.37. The van der Waals surface area contributed by atoms with E-state index in [0.717, 1.165) is 12.2 Å². The molecule has 0 aliphatic carbocycles. The average molecular weight is 191 g/mol. The third-order valence-corrected chi connectivity index (χ3v) is 2.17. The van der Waals surface area contributed by atoms with Gasteiger partial charge in [-0.1, -0.05) is 0 Å². The highest BCUT2D eigenvalue weighted by molar-refractivity contribution is 7.98. The van der Waals surface area contributed by atoms with Crippen LogP contribution < -0.4 is 5.32 Å². The van der Waals surface area contributed by atoms with Crippen LogP contribution in [0.25, 0.3) is 0 Å². The van der Waals surface area contributed by atoms with Gasteiger partial charge >= 0.3 is 0 Å². The van der Waals surface area contributed by atoms with Gasteiger partial charge in [-0.15, -0.1) is 0 Å². The van der Waals surface area contributed by atoms with Crippen molar-refractivity contribution in [3.63, 3.8) is 0 Å². The topological polar surface area (TPSA) is 32.3 Å². The van der Waals surface area contributed by atoms with Gasteiger partial charge < -0.3 is 10.4 Å². The first kappa shape index (κ1) is 12.3. The van der Waals surface area contributed by atoms with E-state index in [1.807, 2.05) is 11.8 Å². The molecule has 0 fully saturated rings. The number of nitrogens with one attached hydrogen (secondary N) is 1. The van der Waals surface area contributed by atoms with E-state index >= 15 is 0 Å². The van der Waals surface area contributed by atoms with Crippen LogP contribution in [0.5, 0.6) is 0 Å². The third kappa shape index (κ3) is 6.95. The first-order chi connectivity index (χ1) is 5.49. The number of thioether (sulfide) groups is 1. The highest BCUT2D eigenvalue weighted by Gasteiger charge is 2.15. The molecule has 0 radical (unpaired) electrons. The van der Waals surface area contributed by atoms with Crippen molar-refractivity contribution < 1.29 is 5.11 Å². The summed E-state index contributed by atoms with van der Waals surface area (Å²) in [5.41, 5.74) is 0.103. The van der Waals surface area contributed by atoms with Crippen molar-refractivity contribution in [1.29, 1.82) is 0 Å². The van der Waals surface area contributed by atoms with E-state index in [2.05, 4.69) is 32.3 Å². The Morgan fingerprint density at radius 3 is 2.33 bits per heavy atom. The van der Waals surface area contributed by atoms with Crippen LogP contribution in [0.4, 0.5) is 0 Å². The molecule has 0 aliphatic heterocycles. The third-order valence-electron chi connectivity index (χ3n) is 1.53. The van der Waals surface area contributed by atoms with Gasteiger partial charge in [0.25, 0.3) is 0 Å². The monoisotopic (exact) mass is 191 g/mol. The Hall–Kier alpha value is 0.270. The fourth-order valence-corrected chi connectivity index (χ4v) is 1.60. The van der Waals surface area contributed by atoms with Crippen LogP contribution in [-0.2, 0) is 0 Å². The fraction of sp³-hybridized carbons (Fsp3) is 1.00. The second-order valence-corrected chi connectivity index (χ2v) is 5.04. The van der Waals surface area contributed by atoms with Gasteiger partial charge in [0.2, 0.25) is 0 Å². The summed E-state index contributed by atoms with van der Waals surface area (Å²) in [5.74, 6) is 1.11. The Morgan fingerprint density at radius 1 is 1.42 bits per heavy atom. The van der Waals surface area contributed by atoms with Crippen LogP contribution in [0.3, 0.4) is 0 Å². The molecule has 0 bridgehead atoms. The summed E-state index contributed by atoms with van der Waals surface area (Å²) in [6.07, 6.45) is 3.13. The van der Waals surface area contributed by atoms with E-state index < -0.39 is 0 Å². The minimum atomic E-state index is 0.103. The van der Waals surface area contributed by atoms with Gasteiger partial charge in [0.05, 0.1) is 6.61 Å². The lowest BCUT2D eigenvalue weighted by atomic mass is 10.1. The molecule has 12 heavy (non-hydrogen) atoms. The Bertz CT molecular complexity index is 112. The van der Waals surface area contributed by atoms with Crippen molar-refractivity contribution >= 4 is 11.8 Å². The Balaban J connectivity index is 3.67. The predicted octanol–water partition coefficient (Wildman–Crippen LogP) is 1.49. The largest absolute Gasteiger partial charge is 0.395 e. The van der Waals surface area contributed by atoms with E-state index in [1.54, 1.807) is 0 Å². The number of hydrogen-bond acceptors (Lipinski definition) is 3. The van der Waals surface area contributed by atoms with E-state index in [9.17, 15) is 0 Å². The maximum Gasteiger partial charge on any atom is 0.0585 e. The van der Waals surface area contributed by atoms with E-state index in [1.165, 1.54) is 0 Å². The molecule has 3 heteroatoms. The predicted molar refractivity (Wildman–Crippen MR) is 56.8 cm³/mol. The molecule has 0 aromatic carbocycles. The van der Waals surface area contributed by atoms with Gasteiger partial charge in [-0.2, -0.15) is 11.8 Å².